The van der Waals surface area contributed by atoms with Gasteiger partial charge in [-0.25, -0.2) is 9.78 Å². The molecule has 3 aromatic rings. The highest BCUT2D eigenvalue weighted by Gasteiger charge is 2.23. The Kier molecular flexibility index (Phi) is 7.02. The van der Waals surface area contributed by atoms with Crippen molar-refractivity contribution in [3.05, 3.63) is 62.4 Å². The van der Waals surface area contributed by atoms with Crippen LogP contribution in [-0.2, 0) is 21.0 Å². The Labute approximate surface area is 197 Å². The van der Waals surface area contributed by atoms with Gasteiger partial charge in [0.05, 0.1) is 18.1 Å². The van der Waals surface area contributed by atoms with Crippen LogP contribution >= 0.6 is 34.9 Å². The number of esters is 1. The van der Waals surface area contributed by atoms with E-state index in [9.17, 15) is 14.4 Å². The molecule has 0 atom stereocenters. The predicted octanol–water partition coefficient (Wildman–Crippen LogP) is 4.46. The Morgan fingerprint density at radius 3 is 2.78 bits per heavy atom. The van der Waals surface area contributed by atoms with Gasteiger partial charge in [-0.3, -0.25) is 9.59 Å². The number of ether oxygens (including phenoxy) is 1. The summed E-state index contributed by atoms with van der Waals surface area (Å²) in [6, 6.07) is 7.82. The zero-order valence-electron chi connectivity index (χ0n) is 17.5. The van der Waals surface area contributed by atoms with Crippen molar-refractivity contribution in [1.29, 1.82) is 0 Å². The van der Waals surface area contributed by atoms with Crippen LogP contribution in [0.3, 0.4) is 0 Å². The fourth-order valence-electron chi connectivity index (χ4n) is 3.21. The maximum atomic E-state index is 12.7. The van der Waals surface area contributed by atoms with Gasteiger partial charge >= 0.3 is 5.97 Å². The number of thioether (sulfide) groups is 2. The number of carbonyl (C=O) groups excluding carboxylic acids is 2. The molecular weight excluding hydrogens is 466 g/mol. The summed E-state index contributed by atoms with van der Waals surface area (Å²) in [6.45, 7) is 3.98. The van der Waals surface area contributed by atoms with Crippen LogP contribution in [0.4, 0.5) is 5.00 Å². The minimum Gasteiger partial charge on any atom is -0.462 e. The molecular formula is C22H21N3O4S3. The summed E-state index contributed by atoms with van der Waals surface area (Å²) in [4.78, 5) is 44.6. The van der Waals surface area contributed by atoms with Crippen LogP contribution in [-0.4, -0.2) is 34.2 Å². The molecule has 0 aliphatic carbocycles. The summed E-state index contributed by atoms with van der Waals surface area (Å²) in [6.07, 6.45) is 0. The first-order chi connectivity index (χ1) is 15.5. The molecule has 1 aromatic carbocycles. The molecule has 0 saturated heterocycles. The van der Waals surface area contributed by atoms with E-state index in [1.54, 1.807) is 18.7 Å². The number of rotatable bonds is 7. The monoisotopic (exact) mass is 487 g/mol. The lowest BCUT2D eigenvalue weighted by Crippen LogP contribution is -2.18. The van der Waals surface area contributed by atoms with Crippen molar-refractivity contribution in [2.75, 3.05) is 17.7 Å². The van der Waals surface area contributed by atoms with E-state index in [2.05, 4.69) is 15.3 Å². The quantitative estimate of drug-likeness (QED) is 0.288. The molecule has 166 valence electrons. The number of aromatic nitrogens is 2. The van der Waals surface area contributed by atoms with Crippen LogP contribution in [0.5, 0.6) is 0 Å². The molecule has 2 aromatic heterocycles. The molecule has 0 saturated carbocycles. The normalized spacial score (nSPS) is 12.4. The van der Waals surface area contributed by atoms with Crippen LogP contribution in [0, 0.1) is 6.92 Å². The van der Waals surface area contributed by atoms with Gasteiger partial charge in [-0.1, -0.05) is 41.6 Å². The number of hydrogen-bond donors (Lipinski definition) is 2. The van der Waals surface area contributed by atoms with Crippen molar-refractivity contribution in [1.82, 2.24) is 9.97 Å². The zero-order chi connectivity index (χ0) is 22.7. The fraction of sp³-hybridized carbons (Fsp3) is 0.273. The van der Waals surface area contributed by atoms with E-state index in [1.165, 1.54) is 11.3 Å². The molecule has 4 rings (SSSR count). The summed E-state index contributed by atoms with van der Waals surface area (Å²) in [7, 11) is 0. The van der Waals surface area contributed by atoms with Gasteiger partial charge in [-0.15, -0.1) is 11.3 Å². The largest absolute Gasteiger partial charge is 0.462 e. The number of aromatic amines is 1. The Morgan fingerprint density at radius 1 is 1.25 bits per heavy atom. The van der Waals surface area contributed by atoms with Crippen molar-refractivity contribution in [2.24, 2.45) is 0 Å². The molecule has 7 nitrogen and oxygen atoms in total. The number of benzene rings is 1. The highest BCUT2D eigenvalue weighted by atomic mass is 32.2. The van der Waals surface area contributed by atoms with Crippen molar-refractivity contribution >= 4 is 51.7 Å². The number of hydrogen-bond acceptors (Lipinski definition) is 8. The number of carbonyl (C=O) groups is 2. The first kappa shape index (κ1) is 22.6. The van der Waals surface area contributed by atoms with Gasteiger partial charge < -0.3 is 15.0 Å². The molecule has 1 amide bonds. The average Bonchev–Trinajstić information content (AvgIpc) is 3.40. The minimum atomic E-state index is -0.477. The van der Waals surface area contributed by atoms with Gasteiger partial charge in [0.2, 0.25) is 5.91 Å². The van der Waals surface area contributed by atoms with Crippen LogP contribution in [0.1, 0.15) is 34.1 Å². The predicted molar refractivity (Wildman–Crippen MR) is 130 cm³/mol. The van der Waals surface area contributed by atoms with Crippen LogP contribution in [0.25, 0.3) is 11.1 Å². The lowest BCUT2D eigenvalue weighted by atomic mass is 10.0. The van der Waals surface area contributed by atoms with E-state index in [0.29, 0.717) is 32.8 Å². The Morgan fingerprint density at radius 2 is 2.03 bits per heavy atom. The third-order valence-electron chi connectivity index (χ3n) is 4.79. The van der Waals surface area contributed by atoms with Gasteiger partial charge in [0.15, 0.2) is 5.16 Å². The maximum absolute atomic E-state index is 12.7. The van der Waals surface area contributed by atoms with E-state index < -0.39 is 5.97 Å². The molecule has 0 spiro atoms. The summed E-state index contributed by atoms with van der Waals surface area (Å²) in [5, 5.41) is 5.53. The second-order valence-electron chi connectivity index (χ2n) is 7.07. The summed E-state index contributed by atoms with van der Waals surface area (Å²) in [5.74, 6) is 0.652. The second kappa shape index (κ2) is 9.93. The molecule has 1 aliphatic heterocycles. The highest BCUT2D eigenvalue weighted by Crippen LogP contribution is 2.36. The van der Waals surface area contributed by atoms with Gasteiger partial charge in [0, 0.05) is 28.0 Å². The van der Waals surface area contributed by atoms with Crippen molar-refractivity contribution in [3.63, 3.8) is 0 Å². The first-order valence-corrected chi connectivity index (χ1v) is 13.0. The minimum absolute atomic E-state index is 0.0505. The van der Waals surface area contributed by atoms with Gasteiger partial charge in [-0.2, -0.15) is 11.8 Å². The molecule has 10 heteroatoms. The van der Waals surface area contributed by atoms with Crippen LogP contribution < -0.4 is 10.9 Å². The molecule has 2 N–H and O–H groups in total. The number of nitrogens with one attached hydrogen (secondary N) is 2. The van der Waals surface area contributed by atoms with E-state index in [4.69, 9.17) is 4.74 Å². The smallest absolute Gasteiger partial charge is 0.341 e. The Bertz CT molecular complexity index is 1220. The standard InChI is InChI=1S/C22H21N3O4S3/c1-3-29-21(28)18-14(13-6-4-12(2)5-7-13)9-31-20(18)24-17(26)11-32-22-23-16-10-30-8-15(16)19(27)25-22/h4-7,9H,3,8,10-11H2,1-2H3,(H,24,26)(H,23,25,27). The number of fused-ring (bicyclic) bond motifs is 1. The molecule has 0 fully saturated rings. The van der Waals surface area contributed by atoms with Crippen LogP contribution in [0.15, 0.2) is 39.6 Å². The van der Waals surface area contributed by atoms with Crippen molar-refractivity contribution < 1.29 is 14.3 Å². The summed E-state index contributed by atoms with van der Waals surface area (Å²) >= 11 is 4.09. The topological polar surface area (TPSA) is 101 Å². The van der Waals surface area contributed by atoms with Gasteiger partial charge in [0.1, 0.15) is 10.6 Å². The molecule has 0 radical (unpaired) electrons. The van der Waals surface area contributed by atoms with E-state index >= 15 is 0 Å². The Balaban J connectivity index is 1.51. The van der Waals surface area contributed by atoms with Gasteiger partial charge in [0.25, 0.3) is 5.56 Å². The molecule has 3 heterocycles. The number of thiophene rings is 1. The van der Waals surface area contributed by atoms with Crippen LogP contribution in [0.2, 0.25) is 0 Å². The number of aryl methyl sites for hydroxylation is 1. The average molecular weight is 488 g/mol. The van der Waals surface area contributed by atoms with E-state index in [1.807, 2.05) is 36.6 Å². The second-order valence-corrected chi connectivity index (χ2v) is 9.90. The number of nitrogens with zero attached hydrogens (tertiary/aromatic N) is 1. The molecule has 1 aliphatic rings. The molecule has 0 unspecified atom stereocenters. The molecule has 32 heavy (non-hydrogen) atoms. The van der Waals surface area contributed by atoms with E-state index in [0.717, 1.165) is 34.1 Å². The van der Waals surface area contributed by atoms with Crippen molar-refractivity contribution in [3.8, 4) is 11.1 Å². The van der Waals surface area contributed by atoms with E-state index in [-0.39, 0.29) is 23.8 Å². The van der Waals surface area contributed by atoms with Gasteiger partial charge in [-0.05, 0) is 19.4 Å². The third-order valence-corrected chi connectivity index (χ3v) is 7.53. The maximum Gasteiger partial charge on any atom is 0.341 e. The lowest BCUT2D eigenvalue weighted by molar-refractivity contribution is -0.113. The first-order valence-electron chi connectivity index (χ1n) is 9.94. The SMILES string of the molecule is CCOC(=O)c1c(-c2ccc(C)cc2)csc1NC(=O)CSc1nc2c(c(=O)[nH]1)CSC2. The Hall–Kier alpha value is -2.56. The number of anilines is 1. The third kappa shape index (κ3) is 4.92. The summed E-state index contributed by atoms with van der Waals surface area (Å²) < 4.78 is 5.24. The summed E-state index contributed by atoms with van der Waals surface area (Å²) in [5.41, 5.74) is 4.41. The highest BCUT2D eigenvalue weighted by molar-refractivity contribution is 7.99. The lowest BCUT2D eigenvalue weighted by Gasteiger charge is -2.09. The fourth-order valence-corrected chi connectivity index (χ4v) is 5.90. The number of H-pyrrole nitrogens is 1. The number of amides is 1. The zero-order valence-corrected chi connectivity index (χ0v) is 20.0. The van der Waals surface area contributed by atoms with Crippen molar-refractivity contribution in [2.45, 2.75) is 30.5 Å². The molecule has 0 bridgehead atoms.